The van der Waals surface area contributed by atoms with Crippen LogP contribution in [0.2, 0.25) is 0 Å². The van der Waals surface area contributed by atoms with Crippen molar-refractivity contribution in [3.8, 4) is 16.9 Å². The Bertz CT molecular complexity index is 1200. The van der Waals surface area contributed by atoms with Gasteiger partial charge < -0.3 is 13.9 Å². The molecule has 0 aliphatic rings. The zero-order valence-electron chi connectivity index (χ0n) is 17.5. The molecular formula is C24H21F3O5. The molecule has 0 radical (unpaired) electrons. The van der Waals surface area contributed by atoms with E-state index in [-0.39, 0.29) is 16.9 Å². The van der Waals surface area contributed by atoms with Crippen LogP contribution in [0.1, 0.15) is 13.8 Å². The van der Waals surface area contributed by atoms with E-state index in [0.29, 0.717) is 16.5 Å². The molecule has 32 heavy (non-hydrogen) atoms. The van der Waals surface area contributed by atoms with E-state index < -0.39 is 36.4 Å². The molecule has 8 heteroatoms. The number of hydrogen-bond donors (Lipinski definition) is 0. The van der Waals surface area contributed by atoms with Gasteiger partial charge in [0.25, 0.3) is 0 Å². The summed E-state index contributed by atoms with van der Waals surface area (Å²) in [4.78, 5) is 23.9. The fourth-order valence-electron chi connectivity index (χ4n) is 2.80. The molecule has 1 heterocycles. The minimum Gasteiger partial charge on any atom is -0.492 e. The van der Waals surface area contributed by atoms with Crippen molar-refractivity contribution in [2.45, 2.75) is 20.0 Å². The van der Waals surface area contributed by atoms with Gasteiger partial charge >= 0.3 is 17.8 Å². The first kappa shape index (κ1) is 23.1. The van der Waals surface area contributed by atoms with E-state index in [4.69, 9.17) is 13.9 Å². The van der Waals surface area contributed by atoms with Gasteiger partial charge in [0.05, 0.1) is 5.56 Å². The largest absolute Gasteiger partial charge is 0.492 e. The van der Waals surface area contributed by atoms with E-state index >= 15 is 0 Å². The molecule has 0 spiro atoms. The van der Waals surface area contributed by atoms with Crippen molar-refractivity contribution in [1.29, 1.82) is 0 Å². The van der Waals surface area contributed by atoms with Crippen molar-refractivity contribution in [3.05, 3.63) is 77.2 Å². The fraction of sp³-hybridized carbons (Fsp3) is 0.250. The van der Waals surface area contributed by atoms with Crippen LogP contribution in [0.25, 0.3) is 22.1 Å². The summed E-state index contributed by atoms with van der Waals surface area (Å²) in [6.45, 7) is 3.85. The molecule has 1 unspecified atom stereocenters. The molecule has 168 valence electrons. The highest BCUT2D eigenvalue weighted by Gasteiger charge is 2.53. The molecule has 0 aliphatic heterocycles. The van der Waals surface area contributed by atoms with Crippen LogP contribution in [0.5, 0.6) is 5.75 Å². The van der Waals surface area contributed by atoms with Gasteiger partial charge in [0, 0.05) is 17.0 Å². The highest BCUT2D eigenvalue weighted by Crippen LogP contribution is 2.39. The molecule has 3 aromatic rings. The average molecular weight is 446 g/mol. The fourth-order valence-corrected chi connectivity index (χ4v) is 2.80. The van der Waals surface area contributed by atoms with Crippen molar-refractivity contribution >= 4 is 16.9 Å². The molecule has 3 rings (SSSR count). The predicted molar refractivity (Wildman–Crippen MR) is 113 cm³/mol. The molecule has 1 aromatic heterocycles. The van der Waals surface area contributed by atoms with Gasteiger partial charge in [-0.05, 0) is 37.6 Å². The van der Waals surface area contributed by atoms with E-state index in [1.165, 1.54) is 19.1 Å². The number of fused-ring (bicyclic) bond motifs is 1. The molecule has 0 aliphatic carbocycles. The number of ether oxygens (including phenoxy) is 2. The van der Waals surface area contributed by atoms with Crippen LogP contribution < -0.4 is 10.4 Å². The second-order valence-electron chi connectivity index (χ2n) is 7.72. The smallest absolute Gasteiger partial charge is 0.400 e. The Morgan fingerprint density at radius 3 is 2.38 bits per heavy atom. The number of alkyl halides is 3. The standard InChI is InChI=1S/C24H21F3O5/c1-15(2)21(28)31-14-23(3,24(25,26)27)13-30-18-10-9-17-11-19(16-7-5-4-6-8-16)22(29)32-20(17)12-18/h4-12H,1,13-14H2,2-3H3. The van der Waals surface area contributed by atoms with Gasteiger partial charge in [-0.1, -0.05) is 36.9 Å². The van der Waals surface area contributed by atoms with Gasteiger partial charge in [-0.15, -0.1) is 0 Å². The topological polar surface area (TPSA) is 65.7 Å². The Balaban J connectivity index is 1.82. The van der Waals surface area contributed by atoms with Gasteiger partial charge in [0.2, 0.25) is 0 Å². The summed E-state index contributed by atoms with van der Waals surface area (Å²) in [5.41, 5.74) is -1.80. The molecular weight excluding hydrogens is 425 g/mol. The van der Waals surface area contributed by atoms with E-state index in [2.05, 4.69) is 6.58 Å². The lowest BCUT2D eigenvalue weighted by Crippen LogP contribution is -2.44. The molecule has 0 saturated heterocycles. The minimum absolute atomic E-state index is 0.00475. The number of hydrogen-bond acceptors (Lipinski definition) is 5. The summed E-state index contributed by atoms with van der Waals surface area (Å²) >= 11 is 0. The molecule has 1 atom stereocenters. The molecule has 0 saturated carbocycles. The van der Waals surface area contributed by atoms with E-state index in [0.717, 1.165) is 6.92 Å². The number of carbonyl (C=O) groups excluding carboxylic acids is 1. The van der Waals surface area contributed by atoms with Crippen LogP contribution in [-0.4, -0.2) is 25.4 Å². The first-order valence-electron chi connectivity index (χ1n) is 9.66. The van der Waals surface area contributed by atoms with Crippen molar-refractivity contribution < 1.29 is 31.9 Å². The maximum atomic E-state index is 13.6. The SMILES string of the molecule is C=C(C)C(=O)OCC(C)(COc1ccc2cc(-c3ccccc3)c(=O)oc2c1)C(F)(F)F. The van der Waals surface area contributed by atoms with Gasteiger partial charge in [0.15, 0.2) is 0 Å². The normalized spacial score (nSPS) is 13.4. The van der Waals surface area contributed by atoms with Gasteiger partial charge in [-0.3, -0.25) is 0 Å². The maximum Gasteiger partial charge on any atom is 0.400 e. The molecule has 0 bridgehead atoms. The lowest BCUT2D eigenvalue weighted by atomic mass is 9.92. The summed E-state index contributed by atoms with van der Waals surface area (Å²) in [5, 5.41) is 0.588. The van der Waals surface area contributed by atoms with Crippen LogP contribution in [0.15, 0.2) is 76.0 Å². The maximum absolute atomic E-state index is 13.6. The van der Waals surface area contributed by atoms with Crippen LogP contribution >= 0.6 is 0 Å². The van der Waals surface area contributed by atoms with Crippen molar-refractivity contribution in [3.63, 3.8) is 0 Å². The molecule has 0 fully saturated rings. The Morgan fingerprint density at radius 1 is 1.06 bits per heavy atom. The lowest BCUT2D eigenvalue weighted by molar-refractivity contribution is -0.240. The second kappa shape index (κ2) is 8.90. The third-order valence-corrected chi connectivity index (χ3v) is 4.90. The number of benzene rings is 2. The Kier molecular flexibility index (Phi) is 6.43. The molecule has 2 aromatic carbocycles. The zero-order chi connectivity index (χ0) is 23.5. The third kappa shape index (κ3) is 5.01. The minimum atomic E-state index is -4.70. The van der Waals surface area contributed by atoms with E-state index in [1.54, 1.807) is 36.4 Å². The Morgan fingerprint density at radius 2 is 1.75 bits per heavy atom. The van der Waals surface area contributed by atoms with Crippen LogP contribution in [-0.2, 0) is 9.53 Å². The van der Waals surface area contributed by atoms with E-state index in [1.807, 2.05) is 6.07 Å². The number of halogens is 3. The summed E-state index contributed by atoms with van der Waals surface area (Å²) in [5.74, 6) is -0.836. The highest BCUT2D eigenvalue weighted by atomic mass is 19.4. The van der Waals surface area contributed by atoms with Gasteiger partial charge in [-0.2, -0.15) is 13.2 Å². The van der Waals surface area contributed by atoms with Crippen LogP contribution in [0.3, 0.4) is 0 Å². The zero-order valence-corrected chi connectivity index (χ0v) is 17.5. The quantitative estimate of drug-likeness (QED) is 0.271. The average Bonchev–Trinajstić information content (AvgIpc) is 2.75. The Labute approximate surface area is 182 Å². The predicted octanol–water partition coefficient (Wildman–Crippen LogP) is 5.53. The van der Waals surface area contributed by atoms with Crippen molar-refractivity contribution in [2.24, 2.45) is 5.41 Å². The Hall–Kier alpha value is -3.55. The first-order chi connectivity index (χ1) is 15.0. The number of rotatable bonds is 7. The van der Waals surface area contributed by atoms with Crippen molar-refractivity contribution in [1.82, 2.24) is 0 Å². The number of carbonyl (C=O) groups is 1. The van der Waals surface area contributed by atoms with Crippen molar-refractivity contribution in [2.75, 3.05) is 13.2 Å². The third-order valence-electron chi connectivity index (χ3n) is 4.90. The molecule has 0 N–H and O–H groups in total. The molecule has 0 amide bonds. The first-order valence-corrected chi connectivity index (χ1v) is 9.66. The number of esters is 1. The lowest BCUT2D eigenvalue weighted by Gasteiger charge is -2.31. The summed E-state index contributed by atoms with van der Waals surface area (Å²) < 4.78 is 56.3. The van der Waals surface area contributed by atoms with Crippen LogP contribution in [0, 0.1) is 5.41 Å². The second-order valence-corrected chi connectivity index (χ2v) is 7.72. The van der Waals surface area contributed by atoms with E-state index in [9.17, 15) is 22.8 Å². The van der Waals surface area contributed by atoms with Crippen LogP contribution in [0.4, 0.5) is 13.2 Å². The van der Waals surface area contributed by atoms with Gasteiger partial charge in [0.1, 0.15) is 30.0 Å². The van der Waals surface area contributed by atoms with Gasteiger partial charge in [-0.25, -0.2) is 9.59 Å². The summed E-state index contributed by atoms with van der Waals surface area (Å²) in [6.07, 6.45) is -4.70. The highest BCUT2D eigenvalue weighted by molar-refractivity contribution is 5.87. The summed E-state index contributed by atoms with van der Waals surface area (Å²) in [7, 11) is 0. The monoisotopic (exact) mass is 446 g/mol. The molecule has 5 nitrogen and oxygen atoms in total. The summed E-state index contributed by atoms with van der Waals surface area (Å²) in [6, 6.07) is 15.0.